The van der Waals surface area contributed by atoms with Crippen LogP contribution in [0.1, 0.15) is 25.2 Å². The lowest BCUT2D eigenvalue weighted by atomic mass is 10.1. The van der Waals surface area contributed by atoms with Gasteiger partial charge in [-0.15, -0.1) is 0 Å². The van der Waals surface area contributed by atoms with E-state index >= 15 is 0 Å². The Hall–Kier alpha value is -2.33. The van der Waals surface area contributed by atoms with Gasteiger partial charge in [-0.05, 0) is 37.6 Å². The van der Waals surface area contributed by atoms with Gasteiger partial charge in [-0.2, -0.15) is 0 Å². The number of rotatable bonds is 5. The average Bonchev–Trinajstić information content (AvgIpc) is 2.86. The normalized spacial score (nSPS) is 11.2. The topological polar surface area (TPSA) is 44.1 Å². The highest BCUT2D eigenvalue weighted by molar-refractivity contribution is 6.31. The van der Waals surface area contributed by atoms with Gasteiger partial charge in [0, 0.05) is 11.4 Å². The van der Waals surface area contributed by atoms with Crippen molar-refractivity contribution in [2.75, 3.05) is 0 Å². The molecule has 0 amide bonds. The summed E-state index contributed by atoms with van der Waals surface area (Å²) in [6, 6.07) is 15.4. The maximum absolute atomic E-state index is 12.1. The summed E-state index contributed by atoms with van der Waals surface area (Å²) in [4.78, 5) is 16.8. The van der Waals surface area contributed by atoms with Gasteiger partial charge in [-0.25, -0.2) is 4.98 Å². The Morgan fingerprint density at radius 1 is 1.17 bits per heavy atom. The lowest BCUT2D eigenvalue weighted by molar-refractivity contribution is -0.148. The largest absolute Gasteiger partial charge is 0.462 e. The van der Waals surface area contributed by atoms with Crippen LogP contribution in [-0.2, 0) is 22.5 Å². The van der Waals surface area contributed by atoms with Crippen molar-refractivity contribution in [2.45, 2.75) is 32.9 Å². The van der Waals surface area contributed by atoms with E-state index in [1.54, 1.807) is 0 Å². The molecule has 5 heteroatoms. The van der Waals surface area contributed by atoms with Crippen molar-refractivity contribution in [3.05, 3.63) is 64.9 Å². The predicted octanol–water partition coefficient (Wildman–Crippen LogP) is 4.23. The molecule has 0 bridgehead atoms. The monoisotopic (exact) mass is 342 g/mol. The van der Waals surface area contributed by atoms with E-state index in [-0.39, 0.29) is 18.6 Å². The van der Waals surface area contributed by atoms with Crippen LogP contribution in [0.5, 0.6) is 0 Å². The number of para-hydroxylation sites is 2. The molecule has 0 fully saturated rings. The number of imidazole rings is 1. The molecule has 0 unspecified atom stereocenters. The fourth-order valence-electron chi connectivity index (χ4n) is 2.68. The Labute approximate surface area is 146 Å². The van der Waals surface area contributed by atoms with Gasteiger partial charge in [0.15, 0.2) is 0 Å². The van der Waals surface area contributed by atoms with Gasteiger partial charge >= 0.3 is 5.97 Å². The summed E-state index contributed by atoms with van der Waals surface area (Å²) >= 11 is 6.27. The average molecular weight is 343 g/mol. The van der Waals surface area contributed by atoms with Crippen molar-refractivity contribution < 1.29 is 9.53 Å². The van der Waals surface area contributed by atoms with Crippen LogP contribution in [-0.4, -0.2) is 21.6 Å². The molecule has 0 atom stereocenters. The van der Waals surface area contributed by atoms with E-state index in [1.807, 2.05) is 66.9 Å². The number of carbonyl (C=O) groups is 1. The number of carbonyl (C=O) groups excluding carboxylic acids is 1. The number of esters is 1. The van der Waals surface area contributed by atoms with Crippen molar-refractivity contribution in [3.8, 4) is 0 Å². The van der Waals surface area contributed by atoms with Gasteiger partial charge in [0.25, 0.3) is 0 Å². The summed E-state index contributed by atoms with van der Waals surface area (Å²) in [5.74, 6) is 0.526. The molecule has 24 heavy (non-hydrogen) atoms. The maximum Gasteiger partial charge on any atom is 0.326 e. The minimum Gasteiger partial charge on any atom is -0.462 e. The number of fused-ring (bicyclic) bond motifs is 1. The van der Waals surface area contributed by atoms with Gasteiger partial charge in [0.2, 0.25) is 0 Å². The van der Waals surface area contributed by atoms with Crippen LogP contribution in [0.4, 0.5) is 0 Å². The van der Waals surface area contributed by atoms with Crippen LogP contribution < -0.4 is 0 Å². The van der Waals surface area contributed by atoms with Crippen LogP contribution >= 0.6 is 11.6 Å². The molecule has 0 aliphatic carbocycles. The first-order valence-corrected chi connectivity index (χ1v) is 8.29. The van der Waals surface area contributed by atoms with E-state index in [0.717, 1.165) is 22.4 Å². The number of hydrogen-bond donors (Lipinski definition) is 0. The molecule has 3 aromatic rings. The first kappa shape index (κ1) is 16.5. The summed E-state index contributed by atoms with van der Waals surface area (Å²) in [5.41, 5.74) is 2.75. The highest BCUT2D eigenvalue weighted by Gasteiger charge is 2.16. The molecule has 0 aliphatic heterocycles. The summed E-state index contributed by atoms with van der Waals surface area (Å²) < 4.78 is 7.19. The van der Waals surface area contributed by atoms with E-state index in [2.05, 4.69) is 4.98 Å². The third kappa shape index (κ3) is 3.60. The molecule has 0 aliphatic rings. The molecular weight excluding hydrogens is 324 g/mol. The molecule has 124 valence electrons. The van der Waals surface area contributed by atoms with E-state index in [0.29, 0.717) is 11.4 Å². The van der Waals surface area contributed by atoms with Gasteiger partial charge in [0.1, 0.15) is 12.4 Å². The van der Waals surface area contributed by atoms with Crippen LogP contribution in [0.25, 0.3) is 11.0 Å². The first-order chi connectivity index (χ1) is 11.5. The van der Waals surface area contributed by atoms with Crippen LogP contribution in [0.2, 0.25) is 5.02 Å². The molecule has 0 spiro atoms. The summed E-state index contributed by atoms with van der Waals surface area (Å²) in [6.45, 7) is 3.82. The highest BCUT2D eigenvalue weighted by atomic mass is 35.5. The molecular formula is C19H19ClN2O2. The SMILES string of the molecule is CC(C)OC(=O)Cn1c(Cc2ccccc2Cl)nc2ccccc21. The number of aromatic nitrogens is 2. The van der Waals surface area contributed by atoms with Gasteiger partial charge in [-0.3, -0.25) is 4.79 Å². The lowest BCUT2D eigenvalue weighted by Gasteiger charge is -2.12. The van der Waals surface area contributed by atoms with Crippen LogP contribution in [0.3, 0.4) is 0 Å². The predicted molar refractivity (Wildman–Crippen MR) is 95.2 cm³/mol. The Morgan fingerprint density at radius 2 is 1.88 bits per heavy atom. The molecule has 1 aromatic heterocycles. The molecule has 2 aromatic carbocycles. The molecule has 3 rings (SSSR count). The quantitative estimate of drug-likeness (QED) is 0.652. The molecule has 0 N–H and O–H groups in total. The Balaban J connectivity index is 1.99. The van der Waals surface area contributed by atoms with E-state index in [9.17, 15) is 4.79 Å². The zero-order chi connectivity index (χ0) is 17.1. The van der Waals surface area contributed by atoms with E-state index in [4.69, 9.17) is 16.3 Å². The Bertz CT molecular complexity index is 871. The highest BCUT2D eigenvalue weighted by Crippen LogP contribution is 2.22. The smallest absolute Gasteiger partial charge is 0.326 e. The number of benzene rings is 2. The molecule has 0 radical (unpaired) electrons. The number of halogens is 1. The minimum absolute atomic E-state index is 0.137. The summed E-state index contributed by atoms with van der Waals surface area (Å²) in [5, 5.41) is 0.695. The molecule has 0 saturated heterocycles. The fraction of sp³-hybridized carbons (Fsp3) is 0.263. The number of ether oxygens (including phenoxy) is 1. The third-order valence-electron chi connectivity index (χ3n) is 3.69. The van der Waals surface area contributed by atoms with Crippen molar-refractivity contribution in [3.63, 3.8) is 0 Å². The zero-order valence-electron chi connectivity index (χ0n) is 13.7. The Kier molecular flexibility index (Phi) is 4.86. The van der Waals surface area contributed by atoms with E-state index in [1.165, 1.54) is 0 Å². The van der Waals surface area contributed by atoms with Gasteiger partial charge in [-0.1, -0.05) is 41.9 Å². The molecule has 0 saturated carbocycles. The molecule has 4 nitrogen and oxygen atoms in total. The Morgan fingerprint density at radius 3 is 2.62 bits per heavy atom. The van der Waals surface area contributed by atoms with Crippen LogP contribution in [0.15, 0.2) is 48.5 Å². The fourth-order valence-corrected chi connectivity index (χ4v) is 2.88. The van der Waals surface area contributed by atoms with Gasteiger partial charge < -0.3 is 9.30 Å². The standard InChI is InChI=1S/C19H19ClN2O2/c1-13(2)24-19(23)12-22-17-10-6-5-9-16(17)21-18(22)11-14-7-3-4-8-15(14)20/h3-10,13H,11-12H2,1-2H3. The zero-order valence-corrected chi connectivity index (χ0v) is 14.5. The summed E-state index contributed by atoms with van der Waals surface area (Å²) in [6.07, 6.45) is 0.419. The van der Waals surface area contributed by atoms with Crippen molar-refractivity contribution in [1.29, 1.82) is 0 Å². The second kappa shape index (κ2) is 7.05. The van der Waals surface area contributed by atoms with Crippen LogP contribution in [0, 0.1) is 0 Å². The molecule has 1 heterocycles. The minimum atomic E-state index is -0.270. The second-order valence-electron chi connectivity index (χ2n) is 5.91. The number of hydrogen-bond acceptors (Lipinski definition) is 3. The third-order valence-corrected chi connectivity index (χ3v) is 4.06. The van der Waals surface area contributed by atoms with E-state index < -0.39 is 0 Å². The van der Waals surface area contributed by atoms with Crippen molar-refractivity contribution >= 4 is 28.6 Å². The maximum atomic E-state index is 12.1. The first-order valence-electron chi connectivity index (χ1n) is 7.91. The van der Waals surface area contributed by atoms with Gasteiger partial charge in [0.05, 0.1) is 17.1 Å². The lowest BCUT2D eigenvalue weighted by Crippen LogP contribution is -2.19. The summed E-state index contributed by atoms with van der Waals surface area (Å²) in [7, 11) is 0. The second-order valence-corrected chi connectivity index (χ2v) is 6.32. The number of nitrogens with zero attached hydrogens (tertiary/aromatic N) is 2. The van der Waals surface area contributed by atoms with Crippen molar-refractivity contribution in [1.82, 2.24) is 9.55 Å². The van der Waals surface area contributed by atoms with Crippen molar-refractivity contribution in [2.24, 2.45) is 0 Å².